The Morgan fingerprint density at radius 2 is 1.77 bits per heavy atom. The van der Waals surface area contributed by atoms with Crippen LogP contribution in [0.4, 0.5) is 0 Å². The smallest absolute Gasteiger partial charge is 0.306 e. The molecule has 0 unspecified atom stereocenters. The molecule has 0 spiro atoms. The minimum atomic E-state index is -1.53. The summed E-state index contributed by atoms with van der Waals surface area (Å²) >= 11 is 0. The third-order valence-electron chi connectivity index (χ3n) is 9.43. The van der Waals surface area contributed by atoms with Crippen molar-refractivity contribution in [3.8, 4) is 0 Å². The number of ether oxygens (including phenoxy) is 2. The first-order valence-electron chi connectivity index (χ1n) is 12.8. The van der Waals surface area contributed by atoms with Gasteiger partial charge in [0.2, 0.25) is 5.78 Å². The zero-order chi connectivity index (χ0) is 25.8. The average molecular weight is 485 g/mol. The van der Waals surface area contributed by atoms with Crippen molar-refractivity contribution in [1.82, 2.24) is 0 Å². The molecule has 0 aromatic rings. The number of hydrogen-bond donors (Lipinski definition) is 0. The van der Waals surface area contributed by atoms with Gasteiger partial charge < -0.3 is 9.47 Å². The Morgan fingerprint density at radius 3 is 2.43 bits per heavy atom. The minimum Gasteiger partial charge on any atom is -0.457 e. The molecule has 35 heavy (non-hydrogen) atoms. The third-order valence-corrected chi connectivity index (χ3v) is 9.43. The largest absolute Gasteiger partial charge is 0.457 e. The quantitative estimate of drug-likeness (QED) is 0.526. The highest BCUT2D eigenvalue weighted by atomic mass is 16.6. The zero-order valence-corrected chi connectivity index (χ0v) is 21.3. The van der Waals surface area contributed by atoms with Crippen molar-refractivity contribution in [3.05, 3.63) is 23.8 Å². The number of fused-ring (bicyclic) bond motifs is 5. The molecule has 0 aromatic carbocycles. The third kappa shape index (κ3) is 3.64. The van der Waals surface area contributed by atoms with Crippen molar-refractivity contribution < 1.29 is 33.4 Å². The molecular weight excluding hydrogens is 448 g/mol. The lowest BCUT2D eigenvalue weighted by Crippen LogP contribution is -2.63. The topological polar surface area (TPSA) is 104 Å². The van der Waals surface area contributed by atoms with Crippen LogP contribution in [-0.4, -0.2) is 41.5 Å². The van der Waals surface area contributed by atoms with Gasteiger partial charge in [0.15, 0.2) is 18.0 Å². The molecule has 0 saturated heterocycles. The van der Waals surface area contributed by atoms with E-state index in [1.54, 1.807) is 26.0 Å². The molecule has 3 saturated carbocycles. The molecule has 0 aromatic heterocycles. The molecule has 0 radical (unpaired) electrons. The number of ketones is 3. The highest BCUT2D eigenvalue weighted by Crippen LogP contribution is 2.68. The highest BCUT2D eigenvalue weighted by molar-refractivity contribution is 6.02. The van der Waals surface area contributed by atoms with Crippen molar-refractivity contribution in [2.45, 2.75) is 78.7 Å². The Kier molecular flexibility index (Phi) is 6.43. The van der Waals surface area contributed by atoms with Crippen LogP contribution >= 0.6 is 0 Å². The molecule has 7 heteroatoms. The summed E-state index contributed by atoms with van der Waals surface area (Å²) in [6, 6.07) is 0. The molecule has 0 N–H and O–H groups in total. The molecule has 0 heterocycles. The summed E-state index contributed by atoms with van der Waals surface area (Å²) in [6.45, 7) is 8.69. The maximum Gasteiger partial charge on any atom is 0.306 e. The van der Waals surface area contributed by atoms with Crippen molar-refractivity contribution in [2.24, 2.45) is 34.5 Å². The van der Waals surface area contributed by atoms with Crippen LogP contribution in [0.25, 0.3) is 0 Å². The number of allylic oxidation sites excluding steroid dienone is 4. The van der Waals surface area contributed by atoms with Crippen LogP contribution in [0.15, 0.2) is 23.8 Å². The van der Waals surface area contributed by atoms with E-state index in [0.29, 0.717) is 12.8 Å². The van der Waals surface area contributed by atoms with Crippen LogP contribution < -0.4 is 0 Å². The van der Waals surface area contributed by atoms with Gasteiger partial charge in [0.1, 0.15) is 5.78 Å². The second-order valence-electron chi connectivity index (χ2n) is 11.2. The van der Waals surface area contributed by atoms with Crippen LogP contribution in [0.2, 0.25) is 0 Å². The Hall–Kier alpha value is -2.57. The highest BCUT2D eigenvalue weighted by Gasteiger charge is 2.73. The summed E-state index contributed by atoms with van der Waals surface area (Å²) in [7, 11) is 0. The van der Waals surface area contributed by atoms with Crippen LogP contribution in [0.5, 0.6) is 0 Å². The van der Waals surface area contributed by atoms with E-state index in [1.165, 1.54) is 0 Å². The predicted octanol–water partition coefficient (Wildman–Crippen LogP) is 3.93. The molecule has 0 aliphatic heterocycles. The lowest BCUT2D eigenvalue weighted by atomic mass is 9.46. The molecule has 4 rings (SSSR count). The summed E-state index contributed by atoms with van der Waals surface area (Å²) in [4.78, 5) is 64.2. The standard InChI is InChI=1S/C28H36O7/c1-6-23(32)34-15-22(31)28(35-24(33)7-2)16(3)12-20-19-9-8-17-13-18(29)10-11-26(17,4)25(19)21(30)14-27(20,28)5/h10-11,13,16,19-20,25H,6-9,12,14-15H2,1-5H3/t16-,19-,20-,25+,26-,27-,28-/m0/s1. The van der Waals surface area contributed by atoms with E-state index in [1.807, 2.05) is 26.8 Å². The van der Waals surface area contributed by atoms with Crippen molar-refractivity contribution in [1.29, 1.82) is 0 Å². The van der Waals surface area contributed by atoms with Crippen molar-refractivity contribution >= 4 is 29.3 Å². The predicted molar refractivity (Wildman–Crippen MR) is 127 cm³/mol. The van der Waals surface area contributed by atoms with Gasteiger partial charge in [-0.1, -0.05) is 46.3 Å². The van der Waals surface area contributed by atoms with Gasteiger partial charge in [0, 0.05) is 41.9 Å². The monoisotopic (exact) mass is 484 g/mol. The minimum absolute atomic E-state index is 0.00287. The van der Waals surface area contributed by atoms with Gasteiger partial charge in [0.05, 0.1) is 0 Å². The van der Waals surface area contributed by atoms with Gasteiger partial charge in [0.25, 0.3) is 0 Å². The van der Waals surface area contributed by atoms with Crippen LogP contribution in [0.3, 0.4) is 0 Å². The maximum atomic E-state index is 13.9. The van der Waals surface area contributed by atoms with E-state index in [4.69, 9.17) is 9.47 Å². The Labute approximate surface area is 206 Å². The first kappa shape index (κ1) is 25.5. The van der Waals surface area contributed by atoms with E-state index in [-0.39, 0.29) is 54.5 Å². The molecule has 0 amide bonds. The molecular formula is C28H36O7. The van der Waals surface area contributed by atoms with Gasteiger partial charge in [-0.2, -0.15) is 0 Å². The van der Waals surface area contributed by atoms with Gasteiger partial charge in [-0.05, 0) is 43.3 Å². The van der Waals surface area contributed by atoms with Gasteiger partial charge in [-0.25, -0.2) is 0 Å². The Bertz CT molecular complexity index is 1040. The molecule has 3 fully saturated rings. The summed E-state index contributed by atoms with van der Waals surface area (Å²) in [5.74, 6) is -2.11. The second-order valence-corrected chi connectivity index (χ2v) is 11.2. The molecule has 4 aliphatic rings. The zero-order valence-electron chi connectivity index (χ0n) is 21.3. The van der Waals surface area contributed by atoms with Crippen molar-refractivity contribution in [2.75, 3.05) is 6.61 Å². The fourth-order valence-electron chi connectivity index (χ4n) is 7.82. The van der Waals surface area contributed by atoms with Gasteiger partial charge >= 0.3 is 11.9 Å². The van der Waals surface area contributed by atoms with E-state index >= 15 is 0 Å². The number of rotatable bonds is 6. The Balaban J connectivity index is 1.76. The number of carbonyl (C=O) groups excluding carboxylic acids is 5. The summed E-state index contributed by atoms with van der Waals surface area (Å²) < 4.78 is 11.2. The fraction of sp³-hybridized carbons (Fsp3) is 0.679. The van der Waals surface area contributed by atoms with E-state index < -0.39 is 40.8 Å². The summed E-state index contributed by atoms with van der Waals surface area (Å²) in [5.41, 5.74) is -1.96. The normalized spacial score (nSPS) is 39.7. The molecule has 7 nitrogen and oxygen atoms in total. The maximum absolute atomic E-state index is 13.9. The van der Waals surface area contributed by atoms with E-state index in [2.05, 4.69) is 0 Å². The lowest BCUT2D eigenvalue weighted by molar-refractivity contribution is -0.197. The van der Waals surface area contributed by atoms with Crippen molar-refractivity contribution in [3.63, 3.8) is 0 Å². The van der Waals surface area contributed by atoms with Crippen LogP contribution in [-0.2, 0) is 33.4 Å². The van der Waals surface area contributed by atoms with E-state index in [9.17, 15) is 24.0 Å². The Morgan fingerprint density at radius 1 is 1.09 bits per heavy atom. The summed E-state index contributed by atoms with van der Waals surface area (Å²) in [5, 5.41) is 0. The first-order valence-corrected chi connectivity index (χ1v) is 12.8. The van der Waals surface area contributed by atoms with Crippen LogP contribution in [0, 0.1) is 34.5 Å². The average Bonchev–Trinajstić information content (AvgIpc) is 3.04. The number of esters is 2. The number of Topliss-reactive ketones (excluding diaryl/α,β-unsaturated/α-hetero) is 2. The first-order chi connectivity index (χ1) is 16.4. The van der Waals surface area contributed by atoms with E-state index in [0.717, 1.165) is 12.0 Å². The van der Waals surface area contributed by atoms with Gasteiger partial charge in [-0.15, -0.1) is 0 Å². The van der Waals surface area contributed by atoms with Gasteiger partial charge in [-0.3, -0.25) is 24.0 Å². The SMILES string of the molecule is CCC(=O)OCC(=O)[C@@]1(OC(=O)CC)[C@@H](C)C[C@H]2[C@@H]3CCC4=CC(=O)C=C[C@]4(C)[C@H]3C(=O)C[C@@]21C. The second kappa shape index (κ2) is 8.82. The summed E-state index contributed by atoms with van der Waals surface area (Å²) in [6.07, 6.45) is 7.54. The van der Waals surface area contributed by atoms with Crippen LogP contribution in [0.1, 0.15) is 73.1 Å². The fourth-order valence-corrected chi connectivity index (χ4v) is 7.82. The lowest BCUT2D eigenvalue weighted by Gasteiger charge is -2.57. The number of carbonyl (C=O) groups is 5. The molecule has 0 bridgehead atoms. The number of hydrogen-bond acceptors (Lipinski definition) is 7. The molecule has 4 aliphatic carbocycles. The molecule has 190 valence electrons. The molecule has 7 atom stereocenters.